The summed E-state index contributed by atoms with van der Waals surface area (Å²) in [5.41, 5.74) is 0.0162. The molecule has 2 amide bonds. The largest absolute Gasteiger partial charge is 0.476 e. The molecule has 1 saturated heterocycles. The van der Waals surface area contributed by atoms with Crippen molar-refractivity contribution in [1.29, 1.82) is 0 Å². The maximum atomic E-state index is 11.7. The van der Waals surface area contributed by atoms with Crippen molar-refractivity contribution < 1.29 is 14.7 Å². The predicted molar refractivity (Wildman–Crippen MR) is 75.0 cm³/mol. The number of piperidine rings is 1. The zero-order valence-electron chi connectivity index (χ0n) is 11.3. The van der Waals surface area contributed by atoms with Crippen LogP contribution in [-0.2, 0) is 6.54 Å². The summed E-state index contributed by atoms with van der Waals surface area (Å²) in [6.07, 6.45) is 1.90. The van der Waals surface area contributed by atoms with Gasteiger partial charge in [-0.15, -0.1) is 11.3 Å². The number of aromatic nitrogens is 1. The number of nitrogens with zero attached hydrogens (tertiary/aromatic N) is 2. The monoisotopic (exact) mass is 298 g/mol. The summed E-state index contributed by atoms with van der Waals surface area (Å²) < 4.78 is 0. The van der Waals surface area contributed by atoms with Gasteiger partial charge in [-0.3, -0.25) is 0 Å². The lowest BCUT2D eigenvalue weighted by molar-refractivity contribution is 0.0691. The van der Waals surface area contributed by atoms with Crippen LogP contribution in [0.1, 0.15) is 28.3 Å². The van der Waals surface area contributed by atoms with E-state index in [1.54, 1.807) is 0 Å². The molecule has 0 aliphatic carbocycles. The molecule has 0 atom stereocenters. The molecular weight excluding hydrogens is 280 g/mol. The fourth-order valence-electron chi connectivity index (χ4n) is 2.04. The van der Waals surface area contributed by atoms with E-state index >= 15 is 0 Å². The number of amides is 2. The lowest BCUT2D eigenvalue weighted by atomic mass is 10.1. The Hall–Kier alpha value is -1.67. The van der Waals surface area contributed by atoms with Gasteiger partial charge in [-0.2, -0.15) is 0 Å². The van der Waals surface area contributed by atoms with Gasteiger partial charge in [-0.25, -0.2) is 14.6 Å². The van der Waals surface area contributed by atoms with Crippen LogP contribution in [0, 0.1) is 0 Å². The van der Waals surface area contributed by atoms with E-state index in [9.17, 15) is 9.59 Å². The van der Waals surface area contributed by atoms with Crippen molar-refractivity contribution >= 4 is 23.3 Å². The molecule has 2 heterocycles. The van der Waals surface area contributed by atoms with Crippen LogP contribution in [0.2, 0.25) is 0 Å². The first-order valence-corrected chi connectivity index (χ1v) is 7.33. The molecule has 110 valence electrons. The van der Waals surface area contributed by atoms with Crippen LogP contribution in [0.25, 0.3) is 0 Å². The Morgan fingerprint density at radius 3 is 2.80 bits per heavy atom. The van der Waals surface area contributed by atoms with Crippen molar-refractivity contribution in [2.45, 2.75) is 25.4 Å². The highest BCUT2D eigenvalue weighted by molar-refractivity contribution is 7.09. The van der Waals surface area contributed by atoms with Gasteiger partial charge in [-0.05, 0) is 33.0 Å². The number of carbonyl (C=O) groups is 2. The number of carboxylic acid groups (broad SMARTS) is 1. The lowest BCUT2D eigenvalue weighted by Crippen LogP contribution is -2.46. The highest BCUT2D eigenvalue weighted by atomic mass is 32.1. The number of thiazole rings is 1. The van der Waals surface area contributed by atoms with E-state index in [4.69, 9.17) is 5.11 Å². The number of nitrogens with one attached hydrogen (secondary N) is 2. The summed E-state index contributed by atoms with van der Waals surface area (Å²) in [6.45, 7) is 2.22. The average molecular weight is 298 g/mol. The van der Waals surface area contributed by atoms with Crippen LogP contribution in [0.3, 0.4) is 0 Å². The summed E-state index contributed by atoms with van der Waals surface area (Å²) in [7, 11) is 2.07. The number of hydrogen-bond donors (Lipinski definition) is 3. The highest BCUT2D eigenvalue weighted by Crippen LogP contribution is 2.10. The summed E-state index contributed by atoms with van der Waals surface area (Å²) in [5, 5.41) is 16.4. The van der Waals surface area contributed by atoms with E-state index in [0.29, 0.717) is 5.01 Å². The molecule has 1 aromatic rings. The molecule has 8 heteroatoms. The number of rotatable bonds is 4. The Balaban J connectivity index is 1.73. The minimum atomic E-state index is -1.05. The molecule has 0 saturated carbocycles. The topological polar surface area (TPSA) is 94.6 Å². The lowest BCUT2D eigenvalue weighted by Gasteiger charge is -2.29. The van der Waals surface area contributed by atoms with E-state index in [2.05, 4.69) is 27.6 Å². The molecule has 7 nitrogen and oxygen atoms in total. The van der Waals surface area contributed by atoms with Gasteiger partial charge in [0.25, 0.3) is 0 Å². The SMILES string of the molecule is CN1CCC(NC(=O)NCc2nc(C(=O)O)cs2)CC1. The van der Waals surface area contributed by atoms with Gasteiger partial charge in [-0.1, -0.05) is 0 Å². The molecule has 20 heavy (non-hydrogen) atoms. The fraction of sp³-hybridized carbons (Fsp3) is 0.583. The quantitative estimate of drug-likeness (QED) is 0.762. The molecular formula is C12H18N4O3S. The first kappa shape index (κ1) is 14.7. The van der Waals surface area contributed by atoms with Gasteiger partial charge in [0.15, 0.2) is 5.69 Å². The van der Waals surface area contributed by atoms with E-state index in [0.717, 1.165) is 25.9 Å². The standard InChI is InChI=1S/C12H18N4O3S/c1-16-4-2-8(3-5-16)14-12(19)13-6-10-15-9(7-20-10)11(17)18/h7-8H,2-6H2,1H3,(H,17,18)(H2,13,14,19). The van der Waals surface area contributed by atoms with Crippen LogP contribution in [-0.4, -0.2) is 53.2 Å². The summed E-state index contributed by atoms with van der Waals surface area (Å²) in [6, 6.07) is -0.0243. The number of likely N-dealkylation sites (tertiary alicyclic amines) is 1. The van der Waals surface area contributed by atoms with Crippen LogP contribution in [0.4, 0.5) is 4.79 Å². The van der Waals surface area contributed by atoms with E-state index < -0.39 is 5.97 Å². The Morgan fingerprint density at radius 2 is 2.20 bits per heavy atom. The minimum absolute atomic E-state index is 0.0162. The molecule has 3 N–H and O–H groups in total. The second kappa shape index (κ2) is 6.67. The van der Waals surface area contributed by atoms with Crippen molar-refractivity contribution in [3.63, 3.8) is 0 Å². The third-order valence-electron chi connectivity index (χ3n) is 3.22. The van der Waals surface area contributed by atoms with Gasteiger partial charge in [0, 0.05) is 11.4 Å². The smallest absolute Gasteiger partial charge is 0.355 e. The van der Waals surface area contributed by atoms with Crippen molar-refractivity contribution in [2.24, 2.45) is 0 Å². The number of aromatic carboxylic acids is 1. The van der Waals surface area contributed by atoms with Gasteiger partial charge in [0.05, 0.1) is 6.54 Å². The van der Waals surface area contributed by atoms with Crippen molar-refractivity contribution in [3.8, 4) is 0 Å². The first-order valence-electron chi connectivity index (χ1n) is 6.45. The molecule has 0 unspecified atom stereocenters. The van der Waals surface area contributed by atoms with Crippen molar-refractivity contribution in [1.82, 2.24) is 20.5 Å². The zero-order chi connectivity index (χ0) is 14.5. The van der Waals surface area contributed by atoms with Crippen molar-refractivity contribution in [3.05, 3.63) is 16.1 Å². The van der Waals surface area contributed by atoms with E-state index in [1.807, 2.05) is 0 Å². The van der Waals surface area contributed by atoms with Gasteiger partial charge in [0.1, 0.15) is 5.01 Å². The summed E-state index contributed by atoms with van der Waals surface area (Å²) in [5.74, 6) is -1.05. The molecule has 0 aromatic carbocycles. The third kappa shape index (κ3) is 4.17. The molecule has 0 spiro atoms. The van der Waals surface area contributed by atoms with Gasteiger partial charge >= 0.3 is 12.0 Å². The van der Waals surface area contributed by atoms with Gasteiger partial charge in [0.2, 0.25) is 0 Å². The number of carboxylic acids is 1. The highest BCUT2D eigenvalue weighted by Gasteiger charge is 2.18. The minimum Gasteiger partial charge on any atom is -0.476 e. The zero-order valence-corrected chi connectivity index (χ0v) is 12.1. The Labute approximate surface area is 121 Å². The normalized spacial score (nSPS) is 16.9. The van der Waals surface area contributed by atoms with Crippen LogP contribution >= 0.6 is 11.3 Å². The Kier molecular flexibility index (Phi) is 4.91. The Bertz CT molecular complexity index is 483. The van der Waals surface area contributed by atoms with Crippen LogP contribution in [0.15, 0.2) is 5.38 Å². The van der Waals surface area contributed by atoms with E-state index in [1.165, 1.54) is 16.7 Å². The molecule has 1 aliphatic rings. The van der Waals surface area contributed by atoms with Crippen LogP contribution in [0.5, 0.6) is 0 Å². The first-order chi connectivity index (χ1) is 9.54. The second-order valence-corrected chi connectivity index (χ2v) is 5.78. The molecule has 0 bridgehead atoms. The molecule has 1 aromatic heterocycles. The second-order valence-electron chi connectivity index (χ2n) is 4.84. The number of hydrogen-bond acceptors (Lipinski definition) is 5. The summed E-state index contributed by atoms with van der Waals surface area (Å²) in [4.78, 5) is 28.6. The molecule has 0 radical (unpaired) electrons. The molecule has 1 aliphatic heterocycles. The molecule has 2 rings (SSSR count). The number of urea groups is 1. The maximum Gasteiger partial charge on any atom is 0.355 e. The van der Waals surface area contributed by atoms with Crippen molar-refractivity contribution in [2.75, 3.05) is 20.1 Å². The fourth-order valence-corrected chi connectivity index (χ4v) is 2.74. The average Bonchev–Trinajstić information content (AvgIpc) is 2.88. The third-order valence-corrected chi connectivity index (χ3v) is 4.07. The predicted octanol–water partition coefficient (Wildman–Crippen LogP) is 0.735. The van der Waals surface area contributed by atoms with Gasteiger partial charge < -0.3 is 20.6 Å². The number of carbonyl (C=O) groups excluding carboxylic acids is 1. The summed E-state index contributed by atoms with van der Waals surface area (Å²) >= 11 is 1.23. The van der Waals surface area contributed by atoms with Crippen LogP contribution < -0.4 is 10.6 Å². The maximum absolute atomic E-state index is 11.7. The van der Waals surface area contributed by atoms with E-state index in [-0.39, 0.29) is 24.3 Å². The Morgan fingerprint density at radius 1 is 1.50 bits per heavy atom. The molecule has 1 fully saturated rings.